The first kappa shape index (κ1) is 11.7. The van der Waals surface area contributed by atoms with Gasteiger partial charge in [-0.1, -0.05) is 13.8 Å². The van der Waals surface area contributed by atoms with E-state index < -0.39 is 0 Å². The smallest absolute Gasteiger partial charge is 0.148 e. The van der Waals surface area contributed by atoms with Crippen LogP contribution in [0, 0.1) is 19.8 Å². The van der Waals surface area contributed by atoms with Crippen LogP contribution in [0.25, 0.3) is 0 Å². The van der Waals surface area contributed by atoms with Crippen LogP contribution in [0.15, 0.2) is 0 Å². The van der Waals surface area contributed by atoms with Crippen LogP contribution < -0.4 is 16.6 Å². The lowest BCUT2D eigenvalue weighted by Crippen LogP contribution is -2.16. The zero-order valence-corrected chi connectivity index (χ0v) is 9.76. The van der Waals surface area contributed by atoms with Crippen LogP contribution in [0.5, 0.6) is 0 Å². The molecule has 0 unspecified atom stereocenters. The summed E-state index contributed by atoms with van der Waals surface area (Å²) in [6, 6.07) is 0. The van der Waals surface area contributed by atoms with Crippen molar-refractivity contribution in [1.29, 1.82) is 0 Å². The van der Waals surface area contributed by atoms with Gasteiger partial charge in [0, 0.05) is 12.1 Å². The Morgan fingerprint density at radius 3 is 2.33 bits per heavy atom. The Hall–Kier alpha value is -1.36. The van der Waals surface area contributed by atoms with Gasteiger partial charge in [-0.15, -0.1) is 0 Å². The first-order chi connectivity index (χ1) is 7.04. The van der Waals surface area contributed by atoms with Gasteiger partial charge in [0.15, 0.2) is 0 Å². The fourth-order valence-electron chi connectivity index (χ4n) is 1.24. The van der Waals surface area contributed by atoms with Crippen molar-refractivity contribution in [3.63, 3.8) is 0 Å². The molecule has 0 spiro atoms. The zero-order valence-electron chi connectivity index (χ0n) is 9.76. The topological polar surface area (TPSA) is 75.9 Å². The number of aromatic nitrogens is 2. The second-order valence-electron chi connectivity index (χ2n) is 4.01. The number of nitrogens with zero attached hydrogens (tertiary/aromatic N) is 2. The van der Waals surface area contributed by atoms with E-state index in [-0.39, 0.29) is 0 Å². The second kappa shape index (κ2) is 4.93. The van der Waals surface area contributed by atoms with Crippen molar-refractivity contribution in [2.75, 3.05) is 17.3 Å². The molecule has 1 heterocycles. The van der Waals surface area contributed by atoms with Crippen LogP contribution in [-0.4, -0.2) is 16.5 Å². The van der Waals surface area contributed by atoms with E-state index in [1.165, 1.54) is 0 Å². The molecular weight excluding hydrogens is 190 g/mol. The Bertz CT molecular complexity index is 335. The summed E-state index contributed by atoms with van der Waals surface area (Å²) in [7, 11) is 0. The molecule has 5 nitrogen and oxygen atoms in total. The molecule has 0 saturated heterocycles. The highest BCUT2D eigenvalue weighted by atomic mass is 15.3. The minimum atomic E-state index is 0.578. The molecule has 4 N–H and O–H groups in total. The van der Waals surface area contributed by atoms with Gasteiger partial charge in [-0.3, -0.25) is 0 Å². The maximum Gasteiger partial charge on any atom is 0.148 e. The molecule has 84 valence electrons. The molecule has 0 aromatic carbocycles. The van der Waals surface area contributed by atoms with E-state index in [1.54, 1.807) is 0 Å². The summed E-state index contributed by atoms with van der Waals surface area (Å²) in [6.07, 6.45) is 0. The highest BCUT2D eigenvalue weighted by molar-refractivity contribution is 5.56. The minimum Gasteiger partial charge on any atom is -0.369 e. The Kier molecular flexibility index (Phi) is 3.85. The Morgan fingerprint density at radius 1 is 1.20 bits per heavy atom. The number of hydrazine groups is 1. The number of nitrogens with one attached hydrogen (secondary N) is 2. The Balaban J connectivity index is 2.91. The van der Waals surface area contributed by atoms with Crippen LogP contribution in [-0.2, 0) is 0 Å². The monoisotopic (exact) mass is 209 g/mol. The maximum atomic E-state index is 5.38. The number of rotatable bonds is 4. The predicted octanol–water partition coefficient (Wildman–Crippen LogP) is 1.45. The van der Waals surface area contributed by atoms with Gasteiger partial charge in [0.25, 0.3) is 0 Å². The van der Waals surface area contributed by atoms with Crippen molar-refractivity contribution in [1.82, 2.24) is 9.97 Å². The molecule has 15 heavy (non-hydrogen) atoms. The lowest BCUT2D eigenvalue weighted by molar-refractivity contribution is 0.686. The van der Waals surface area contributed by atoms with Crippen LogP contribution >= 0.6 is 0 Å². The van der Waals surface area contributed by atoms with E-state index in [9.17, 15) is 0 Å². The Labute approximate surface area is 90.5 Å². The van der Waals surface area contributed by atoms with Gasteiger partial charge in [0.05, 0.1) is 0 Å². The third kappa shape index (κ3) is 3.06. The largest absolute Gasteiger partial charge is 0.369 e. The van der Waals surface area contributed by atoms with E-state index in [4.69, 9.17) is 5.84 Å². The van der Waals surface area contributed by atoms with Gasteiger partial charge in [-0.2, -0.15) is 0 Å². The average Bonchev–Trinajstić information content (AvgIpc) is 2.18. The fourth-order valence-corrected chi connectivity index (χ4v) is 1.24. The average molecular weight is 209 g/mol. The SMILES string of the molecule is Cc1nc(NN)c(C)c(NCC(C)C)n1. The molecule has 0 amide bonds. The molecular formula is C10H19N5. The summed E-state index contributed by atoms with van der Waals surface area (Å²) in [5.41, 5.74) is 3.52. The minimum absolute atomic E-state index is 0.578. The number of anilines is 2. The quantitative estimate of drug-likeness (QED) is 0.517. The molecule has 1 rings (SSSR count). The van der Waals surface area contributed by atoms with Crippen molar-refractivity contribution in [2.45, 2.75) is 27.7 Å². The van der Waals surface area contributed by atoms with Gasteiger partial charge in [0.2, 0.25) is 0 Å². The molecule has 0 atom stereocenters. The van der Waals surface area contributed by atoms with Crippen LogP contribution in [0.4, 0.5) is 11.6 Å². The fraction of sp³-hybridized carbons (Fsp3) is 0.600. The third-order valence-electron chi connectivity index (χ3n) is 2.07. The summed E-state index contributed by atoms with van der Waals surface area (Å²) in [4.78, 5) is 8.53. The van der Waals surface area contributed by atoms with Gasteiger partial charge in [0.1, 0.15) is 17.5 Å². The van der Waals surface area contributed by atoms with Gasteiger partial charge in [-0.05, 0) is 19.8 Å². The van der Waals surface area contributed by atoms with E-state index in [1.807, 2.05) is 13.8 Å². The summed E-state index contributed by atoms with van der Waals surface area (Å²) < 4.78 is 0. The second-order valence-corrected chi connectivity index (χ2v) is 4.01. The van der Waals surface area contributed by atoms with Gasteiger partial charge >= 0.3 is 0 Å². The standard InChI is InChI=1S/C10H19N5/c1-6(2)5-12-9-7(3)10(15-11)14-8(4)13-9/h6H,5,11H2,1-4H3,(H2,12,13,14,15). The Morgan fingerprint density at radius 2 is 1.80 bits per heavy atom. The first-order valence-corrected chi connectivity index (χ1v) is 5.10. The van der Waals surface area contributed by atoms with E-state index in [0.717, 1.165) is 17.9 Å². The normalized spacial score (nSPS) is 10.5. The van der Waals surface area contributed by atoms with Crippen molar-refractivity contribution < 1.29 is 0 Å². The van der Waals surface area contributed by atoms with Crippen molar-refractivity contribution in [3.8, 4) is 0 Å². The summed E-state index contributed by atoms with van der Waals surface area (Å²) >= 11 is 0. The highest BCUT2D eigenvalue weighted by Gasteiger charge is 2.07. The molecule has 0 aliphatic carbocycles. The molecule has 0 fully saturated rings. The predicted molar refractivity (Wildman–Crippen MR) is 62.6 cm³/mol. The molecule has 5 heteroatoms. The van der Waals surface area contributed by atoms with Crippen LogP contribution in [0.2, 0.25) is 0 Å². The maximum absolute atomic E-state index is 5.38. The first-order valence-electron chi connectivity index (χ1n) is 5.10. The number of hydrogen-bond donors (Lipinski definition) is 3. The molecule has 0 aliphatic rings. The van der Waals surface area contributed by atoms with E-state index in [2.05, 4.69) is 34.6 Å². The molecule has 0 aliphatic heterocycles. The van der Waals surface area contributed by atoms with Gasteiger partial charge < -0.3 is 10.7 Å². The molecule has 1 aromatic heterocycles. The van der Waals surface area contributed by atoms with E-state index in [0.29, 0.717) is 17.6 Å². The van der Waals surface area contributed by atoms with Crippen molar-refractivity contribution in [2.24, 2.45) is 11.8 Å². The third-order valence-corrected chi connectivity index (χ3v) is 2.07. The number of nitrogens with two attached hydrogens (primary N) is 1. The molecule has 0 bridgehead atoms. The summed E-state index contributed by atoms with van der Waals surface area (Å²) in [5, 5.41) is 3.28. The highest BCUT2D eigenvalue weighted by Crippen LogP contribution is 2.18. The number of hydrogen-bond acceptors (Lipinski definition) is 5. The zero-order chi connectivity index (χ0) is 11.4. The van der Waals surface area contributed by atoms with Gasteiger partial charge in [-0.25, -0.2) is 15.8 Å². The van der Waals surface area contributed by atoms with Crippen LogP contribution in [0.1, 0.15) is 25.2 Å². The van der Waals surface area contributed by atoms with Crippen molar-refractivity contribution in [3.05, 3.63) is 11.4 Å². The summed E-state index contributed by atoms with van der Waals surface area (Å²) in [5.74, 6) is 8.19. The van der Waals surface area contributed by atoms with Crippen molar-refractivity contribution >= 4 is 11.6 Å². The molecule has 1 aromatic rings. The number of nitrogen functional groups attached to an aromatic ring is 1. The lowest BCUT2D eigenvalue weighted by atomic mass is 10.2. The van der Waals surface area contributed by atoms with Crippen LogP contribution in [0.3, 0.4) is 0 Å². The molecule has 0 saturated carbocycles. The summed E-state index contributed by atoms with van der Waals surface area (Å²) in [6.45, 7) is 8.98. The number of aryl methyl sites for hydroxylation is 1. The lowest BCUT2D eigenvalue weighted by Gasteiger charge is -2.13. The van der Waals surface area contributed by atoms with E-state index >= 15 is 0 Å². The molecule has 0 radical (unpaired) electrons.